The number of piperidine rings is 1. The summed E-state index contributed by atoms with van der Waals surface area (Å²) in [6.45, 7) is 5.03. The molecule has 1 atom stereocenters. The van der Waals surface area contributed by atoms with Crippen molar-refractivity contribution < 1.29 is 23.5 Å². The Kier molecular flexibility index (Phi) is 6.88. The largest absolute Gasteiger partial charge is 0.497 e. The lowest BCUT2D eigenvalue weighted by atomic mass is 9.90. The summed E-state index contributed by atoms with van der Waals surface area (Å²) < 4.78 is 24.1. The second-order valence-electron chi connectivity index (χ2n) is 10.2. The fourth-order valence-corrected chi connectivity index (χ4v) is 5.79. The minimum atomic E-state index is -0.212. The van der Waals surface area contributed by atoms with E-state index in [0.717, 1.165) is 37.9 Å². The number of ether oxygens (including phenoxy) is 2. The lowest BCUT2D eigenvalue weighted by Crippen LogP contribution is -2.49. The van der Waals surface area contributed by atoms with Crippen LogP contribution in [0.3, 0.4) is 0 Å². The van der Waals surface area contributed by atoms with E-state index < -0.39 is 0 Å². The van der Waals surface area contributed by atoms with Crippen LogP contribution in [0, 0.1) is 17.2 Å². The van der Waals surface area contributed by atoms with Crippen molar-refractivity contribution >= 4 is 11.8 Å². The molecule has 1 aliphatic carbocycles. The van der Waals surface area contributed by atoms with Crippen molar-refractivity contribution in [3.05, 3.63) is 59.4 Å². The van der Waals surface area contributed by atoms with E-state index in [4.69, 9.17) is 9.47 Å². The van der Waals surface area contributed by atoms with Gasteiger partial charge >= 0.3 is 0 Å². The highest BCUT2D eigenvalue weighted by Crippen LogP contribution is 2.60. The van der Waals surface area contributed by atoms with Crippen LogP contribution in [0.5, 0.6) is 11.5 Å². The zero-order valence-corrected chi connectivity index (χ0v) is 21.0. The molecular formula is C28H34FN3O4. The lowest BCUT2D eigenvalue weighted by molar-refractivity contribution is -0.135. The molecule has 36 heavy (non-hydrogen) atoms. The van der Waals surface area contributed by atoms with E-state index in [0.29, 0.717) is 49.8 Å². The van der Waals surface area contributed by atoms with Crippen molar-refractivity contribution in [1.82, 2.24) is 14.7 Å². The van der Waals surface area contributed by atoms with Gasteiger partial charge in [0.2, 0.25) is 5.91 Å². The van der Waals surface area contributed by atoms with Crippen molar-refractivity contribution in [3.8, 4) is 11.5 Å². The van der Waals surface area contributed by atoms with Gasteiger partial charge in [0.05, 0.1) is 19.8 Å². The number of amides is 2. The maximum Gasteiger partial charge on any atom is 0.257 e. The molecule has 2 aromatic rings. The summed E-state index contributed by atoms with van der Waals surface area (Å²) in [4.78, 5) is 32.6. The molecule has 3 aliphatic rings. The predicted molar refractivity (Wildman–Crippen MR) is 133 cm³/mol. The molecule has 8 heteroatoms. The van der Waals surface area contributed by atoms with E-state index in [2.05, 4.69) is 4.90 Å². The molecule has 0 N–H and O–H groups in total. The third kappa shape index (κ3) is 4.91. The zero-order chi connectivity index (χ0) is 25.3. The Morgan fingerprint density at radius 2 is 1.69 bits per heavy atom. The molecule has 3 fully saturated rings. The Morgan fingerprint density at radius 3 is 2.36 bits per heavy atom. The molecule has 2 amide bonds. The van der Waals surface area contributed by atoms with Crippen molar-refractivity contribution in [3.63, 3.8) is 0 Å². The van der Waals surface area contributed by atoms with Crippen LogP contribution in [0.1, 0.15) is 35.2 Å². The summed E-state index contributed by atoms with van der Waals surface area (Å²) in [5.41, 5.74) is 1.54. The lowest BCUT2D eigenvalue weighted by Gasteiger charge is -2.36. The van der Waals surface area contributed by atoms with Gasteiger partial charge in [0.15, 0.2) is 0 Å². The average Bonchev–Trinajstić information content (AvgIpc) is 3.61. The van der Waals surface area contributed by atoms with E-state index in [9.17, 15) is 14.0 Å². The molecule has 5 rings (SSSR count). The van der Waals surface area contributed by atoms with Crippen LogP contribution in [0.2, 0.25) is 0 Å². The van der Waals surface area contributed by atoms with Gasteiger partial charge in [-0.3, -0.25) is 14.5 Å². The fourth-order valence-electron chi connectivity index (χ4n) is 5.79. The fraction of sp³-hybridized carbons (Fsp3) is 0.500. The van der Waals surface area contributed by atoms with E-state index in [1.54, 1.807) is 44.6 Å². The summed E-state index contributed by atoms with van der Waals surface area (Å²) in [6, 6.07) is 12.0. The Bertz CT molecular complexity index is 1120. The molecule has 1 spiro atoms. The van der Waals surface area contributed by atoms with Gasteiger partial charge in [-0.1, -0.05) is 12.1 Å². The molecular weight excluding hydrogens is 461 g/mol. The SMILES string of the molecule is COc1ccc(C(=O)N2CCC3(CC2)C[C@H]3C(=O)N2CCN(Cc3cccc(F)c3)CC2)c(OC)c1. The number of hydrogen-bond donors (Lipinski definition) is 0. The summed E-state index contributed by atoms with van der Waals surface area (Å²) in [5.74, 6) is 1.24. The van der Waals surface area contributed by atoms with Crippen molar-refractivity contribution in [1.29, 1.82) is 0 Å². The highest BCUT2D eigenvalue weighted by atomic mass is 19.1. The van der Waals surface area contributed by atoms with Gasteiger partial charge in [0.25, 0.3) is 5.91 Å². The number of piperazine rings is 1. The third-order valence-electron chi connectivity index (χ3n) is 8.15. The number of carbonyl (C=O) groups is 2. The van der Waals surface area contributed by atoms with Crippen LogP contribution < -0.4 is 9.47 Å². The number of methoxy groups -OCH3 is 2. The monoisotopic (exact) mass is 495 g/mol. The molecule has 0 radical (unpaired) electrons. The van der Waals surface area contributed by atoms with E-state index in [1.807, 2.05) is 15.9 Å². The number of likely N-dealkylation sites (tertiary alicyclic amines) is 1. The van der Waals surface area contributed by atoms with Crippen LogP contribution in [-0.4, -0.2) is 80.0 Å². The smallest absolute Gasteiger partial charge is 0.257 e. The second-order valence-corrected chi connectivity index (χ2v) is 10.2. The highest BCUT2D eigenvalue weighted by molar-refractivity contribution is 5.97. The quantitative estimate of drug-likeness (QED) is 0.615. The summed E-state index contributed by atoms with van der Waals surface area (Å²) in [7, 11) is 3.14. The molecule has 0 aromatic heterocycles. The van der Waals surface area contributed by atoms with Crippen LogP contribution in [0.15, 0.2) is 42.5 Å². The van der Waals surface area contributed by atoms with E-state index in [-0.39, 0.29) is 29.0 Å². The first-order valence-electron chi connectivity index (χ1n) is 12.7. The Balaban J connectivity index is 1.11. The Labute approximate surface area is 211 Å². The Morgan fingerprint density at radius 1 is 0.944 bits per heavy atom. The molecule has 192 valence electrons. The first kappa shape index (κ1) is 24.6. The van der Waals surface area contributed by atoms with Crippen LogP contribution >= 0.6 is 0 Å². The maximum absolute atomic E-state index is 13.5. The first-order chi connectivity index (χ1) is 17.4. The van der Waals surface area contributed by atoms with Crippen LogP contribution in [0.4, 0.5) is 4.39 Å². The van der Waals surface area contributed by atoms with E-state index in [1.165, 1.54) is 6.07 Å². The first-order valence-corrected chi connectivity index (χ1v) is 12.7. The highest BCUT2D eigenvalue weighted by Gasteiger charge is 2.59. The second kappa shape index (κ2) is 10.1. The summed E-state index contributed by atoms with van der Waals surface area (Å²) in [5, 5.41) is 0. The number of carbonyl (C=O) groups excluding carboxylic acids is 2. The standard InChI is InChI=1S/C28H34FN3O4/c1-35-22-6-7-23(25(17-22)36-2)26(33)31-10-8-28(9-11-31)18-24(28)27(34)32-14-12-30(13-15-32)19-20-4-3-5-21(29)16-20/h3-7,16-17,24H,8-15,18-19H2,1-2H3/t24-/m0/s1. The van der Waals surface area contributed by atoms with Gasteiger partial charge < -0.3 is 19.3 Å². The zero-order valence-electron chi connectivity index (χ0n) is 21.0. The van der Waals surface area contributed by atoms with Crippen LogP contribution in [-0.2, 0) is 11.3 Å². The summed E-state index contributed by atoms with van der Waals surface area (Å²) >= 11 is 0. The molecule has 0 unspecified atom stereocenters. The van der Waals surface area contributed by atoms with Gasteiger partial charge in [-0.05, 0) is 54.5 Å². The van der Waals surface area contributed by atoms with Crippen molar-refractivity contribution in [2.45, 2.75) is 25.8 Å². The third-order valence-corrected chi connectivity index (χ3v) is 8.15. The number of hydrogen-bond acceptors (Lipinski definition) is 5. The normalized spacial score (nSPS) is 21.4. The Hall–Kier alpha value is -3.13. The molecule has 2 aromatic carbocycles. The molecule has 2 saturated heterocycles. The van der Waals surface area contributed by atoms with Gasteiger partial charge in [0, 0.05) is 57.8 Å². The molecule has 2 heterocycles. The molecule has 2 aliphatic heterocycles. The average molecular weight is 496 g/mol. The summed E-state index contributed by atoms with van der Waals surface area (Å²) in [6.07, 6.45) is 2.63. The van der Waals surface area contributed by atoms with Gasteiger partial charge in [0.1, 0.15) is 17.3 Å². The number of halogens is 1. The molecule has 7 nitrogen and oxygen atoms in total. The molecule has 1 saturated carbocycles. The molecule has 0 bridgehead atoms. The topological polar surface area (TPSA) is 62.3 Å². The van der Waals surface area contributed by atoms with Crippen molar-refractivity contribution in [2.75, 3.05) is 53.5 Å². The number of nitrogens with zero attached hydrogens (tertiary/aromatic N) is 3. The minimum Gasteiger partial charge on any atom is -0.497 e. The minimum absolute atomic E-state index is 0.0383. The number of rotatable bonds is 6. The number of benzene rings is 2. The predicted octanol–water partition coefficient (Wildman–Crippen LogP) is 3.43. The van der Waals surface area contributed by atoms with Gasteiger partial charge in [-0.25, -0.2) is 4.39 Å². The van der Waals surface area contributed by atoms with Crippen molar-refractivity contribution in [2.24, 2.45) is 11.3 Å². The maximum atomic E-state index is 13.5. The van der Waals surface area contributed by atoms with Crippen LogP contribution in [0.25, 0.3) is 0 Å². The van der Waals surface area contributed by atoms with Gasteiger partial charge in [-0.15, -0.1) is 0 Å². The van der Waals surface area contributed by atoms with Gasteiger partial charge in [-0.2, -0.15) is 0 Å². The van der Waals surface area contributed by atoms with E-state index >= 15 is 0 Å².